The van der Waals surface area contributed by atoms with E-state index < -0.39 is 0 Å². The van der Waals surface area contributed by atoms with Crippen molar-refractivity contribution in [2.75, 3.05) is 20.3 Å². The number of carbonyl (C=O) groups is 1. The van der Waals surface area contributed by atoms with Gasteiger partial charge in [-0.25, -0.2) is 4.39 Å². The molecule has 2 atom stereocenters. The van der Waals surface area contributed by atoms with E-state index in [1.165, 1.54) is 19.2 Å². The van der Waals surface area contributed by atoms with Gasteiger partial charge in [0.2, 0.25) is 0 Å². The summed E-state index contributed by atoms with van der Waals surface area (Å²) in [6.07, 6.45) is 3.31. The third-order valence-corrected chi connectivity index (χ3v) is 3.69. The molecular formula is C16H22FNO3. The second-order valence-electron chi connectivity index (χ2n) is 5.35. The predicted octanol–water partition coefficient (Wildman–Crippen LogP) is 2.07. The molecule has 1 aromatic carbocycles. The third kappa shape index (κ3) is 5.44. The lowest BCUT2D eigenvalue weighted by Crippen LogP contribution is -2.38. The lowest BCUT2D eigenvalue weighted by molar-refractivity contribution is -0.141. The van der Waals surface area contributed by atoms with Crippen molar-refractivity contribution in [3.8, 4) is 0 Å². The van der Waals surface area contributed by atoms with Gasteiger partial charge in [-0.05, 0) is 37.0 Å². The molecule has 0 saturated carbocycles. The van der Waals surface area contributed by atoms with Crippen molar-refractivity contribution in [2.45, 2.75) is 37.8 Å². The van der Waals surface area contributed by atoms with Crippen molar-refractivity contribution in [2.24, 2.45) is 0 Å². The molecule has 2 rings (SSSR count). The molecule has 116 valence electrons. The van der Waals surface area contributed by atoms with Gasteiger partial charge in [-0.15, -0.1) is 0 Å². The molecule has 2 unspecified atom stereocenters. The average molecular weight is 295 g/mol. The Kier molecular flexibility index (Phi) is 6.14. The van der Waals surface area contributed by atoms with Gasteiger partial charge >= 0.3 is 5.97 Å². The number of halogens is 1. The van der Waals surface area contributed by atoms with Gasteiger partial charge in [0.15, 0.2) is 0 Å². The molecule has 0 aliphatic carbocycles. The van der Waals surface area contributed by atoms with Crippen molar-refractivity contribution >= 4 is 5.97 Å². The maximum Gasteiger partial charge on any atom is 0.307 e. The smallest absolute Gasteiger partial charge is 0.307 e. The van der Waals surface area contributed by atoms with Crippen LogP contribution in [0.2, 0.25) is 0 Å². The van der Waals surface area contributed by atoms with Gasteiger partial charge in [0, 0.05) is 19.2 Å². The molecule has 1 saturated heterocycles. The molecule has 1 aliphatic heterocycles. The first-order chi connectivity index (χ1) is 10.2. The summed E-state index contributed by atoms with van der Waals surface area (Å²) in [7, 11) is 1.39. The minimum Gasteiger partial charge on any atom is -0.469 e. The van der Waals surface area contributed by atoms with Crippen LogP contribution in [0.4, 0.5) is 4.39 Å². The molecule has 0 bridgehead atoms. The van der Waals surface area contributed by atoms with Gasteiger partial charge in [0.25, 0.3) is 0 Å². The Balaban J connectivity index is 1.90. The van der Waals surface area contributed by atoms with E-state index in [0.717, 1.165) is 31.6 Å². The Bertz CT molecular complexity index is 443. The van der Waals surface area contributed by atoms with Crippen LogP contribution in [-0.2, 0) is 20.7 Å². The van der Waals surface area contributed by atoms with E-state index >= 15 is 0 Å². The van der Waals surface area contributed by atoms with Crippen molar-refractivity contribution in [1.82, 2.24) is 5.32 Å². The van der Waals surface area contributed by atoms with Crippen LogP contribution in [-0.4, -0.2) is 38.4 Å². The second kappa shape index (κ2) is 8.10. The van der Waals surface area contributed by atoms with Crippen LogP contribution in [0.25, 0.3) is 0 Å². The summed E-state index contributed by atoms with van der Waals surface area (Å²) in [5.74, 6) is -0.502. The first-order valence-corrected chi connectivity index (χ1v) is 7.33. The zero-order chi connectivity index (χ0) is 15.1. The summed E-state index contributed by atoms with van der Waals surface area (Å²) >= 11 is 0. The first kappa shape index (κ1) is 15.9. The summed E-state index contributed by atoms with van der Waals surface area (Å²) in [5, 5.41) is 3.37. The highest BCUT2D eigenvalue weighted by molar-refractivity contribution is 5.70. The van der Waals surface area contributed by atoms with Crippen molar-refractivity contribution in [1.29, 1.82) is 0 Å². The molecule has 0 radical (unpaired) electrons. The highest BCUT2D eigenvalue weighted by Crippen LogP contribution is 2.13. The summed E-state index contributed by atoms with van der Waals surface area (Å²) < 4.78 is 23.2. The zero-order valence-corrected chi connectivity index (χ0v) is 12.3. The Morgan fingerprint density at radius 3 is 2.86 bits per heavy atom. The lowest BCUT2D eigenvalue weighted by atomic mass is 10.0. The molecule has 1 aliphatic rings. The van der Waals surface area contributed by atoms with Gasteiger partial charge < -0.3 is 14.8 Å². The maximum atomic E-state index is 12.9. The second-order valence-corrected chi connectivity index (χ2v) is 5.35. The van der Waals surface area contributed by atoms with Crippen molar-refractivity contribution in [3.05, 3.63) is 35.6 Å². The zero-order valence-electron chi connectivity index (χ0n) is 12.3. The molecule has 1 fully saturated rings. The van der Waals surface area contributed by atoms with Crippen LogP contribution < -0.4 is 5.32 Å². The largest absolute Gasteiger partial charge is 0.469 e. The number of carbonyl (C=O) groups excluding carboxylic acids is 1. The molecule has 1 heterocycles. The number of hydrogen-bond acceptors (Lipinski definition) is 4. The van der Waals surface area contributed by atoms with Crippen LogP contribution in [0.15, 0.2) is 24.3 Å². The standard InChI is InChI=1S/C16H22FNO3/c1-20-16(19)10-14(18-11-15-3-2-8-21-15)9-12-4-6-13(17)7-5-12/h4-7,14-15,18H,2-3,8-11H2,1H3. The van der Waals surface area contributed by atoms with E-state index in [1.807, 2.05) is 0 Å². The molecule has 21 heavy (non-hydrogen) atoms. The molecule has 5 heteroatoms. The number of rotatable bonds is 7. The SMILES string of the molecule is COC(=O)CC(Cc1ccc(F)cc1)NCC1CCCO1. The predicted molar refractivity (Wildman–Crippen MR) is 77.5 cm³/mol. The van der Waals surface area contributed by atoms with Crippen molar-refractivity contribution in [3.63, 3.8) is 0 Å². The first-order valence-electron chi connectivity index (χ1n) is 7.33. The lowest BCUT2D eigenvalue weighted by Gasteiger charge is -2.20. The van der Waals surface area contributed by atoms with E-state index in [-0.39, 0.29) is 23.9 Å². The van der Waals surface area contributed by atoms with Crippen molar-refractivity contribution < 1.29 is 18.7 Å². The Morgan fingerprint density at radius 2 is 2.24 bits per heavy atom. The number of hydrogen-bond donors (Lipinski definition) is 1. The summed E-state index contributed by atoms with van der Waals surface area (Å²) in [6.45, 7) is 1.54. The van der Waals surface area contributed by atoms with Gasteiger partial charge in [0.05, 0.1) is 19.6 Å². The fraction of sp³-hybridized carbons (Fsp3) is 0.562. The van der Waals surface area contributed by atoms with E-state index in [9.17, 15) is 9.18 Å². The Hall–Kier alpha value is -1.46. The van der Waals surface area contributed by atoms with E-state index in [1.54, 1.807) is 12.1 Å². The van der Waals surface area contributed by atoms with Crippen LogP contribution >= 0.6 is 0 Å². The number of methoxy groups -OCH3 is 1. The van der Waals surface area contributed by atoms with Gasteiger partial charge in [-0.1, -0.05) is 12.1 Å². The fourth-order valence-electron chi connectivity index (χ4n) is 2.51. The molecular weight excluding hydrogens is 273 g/mol. The molecule has 0 spiro atoms. The maximum absolute atomic E-state index is 12.9. The monoisotopic (exact) mass is 295 g/mol. The van der Waals surface area contributed by atoms with Gasteiger partial charge in [-0.2, -0.15) is 0 Å². The highest BCUT2D eigenvalue weighted by Gasteiger charge is 2.19. The number of ether oxygens (including phenoxy) is 2. The van der Waals surface area contributed by atoms with Crippen LogP contribution in [0.1, 0.15) is 24.8 Å². The molecule has 4 nitrogen and oxygen atoms in total. The molecule has 0 aromatic heterocycles. The van der Waals surface area contributed by atoms with Gasteiger partial charge in [0.1, 0.15) is 5.82 Å². The Labute approximate surface area is 124 Å². The number of esters is 1. The number of benzene rings is 1. The topological polar surface area (TPSA) is 47.6 Å². The molecule has 1 N–H and O–H groups in total. The Morgan fingerprint density at radius 1 is 1.48 bits per heavy atom. The quantitative estimate of drug-likeness (QED) is 0.782. The van der Waals surface area contributed by atoms with E-state index in [4.69, 9.17) is 9.47 Å². The van der Waals surface area contributed by atoms with Crippen LogP contribution in [0.3, 0.4) is 0 Å². The van der Waals surface area contributed by atoms with E-state index in [0.29, 0.717) is 12.8 Å². The minimum atomic E-state index is -0.254. The molecule has 0 amide bonds. The third-order valence-electron chi connectivity index (χ3n) is 3.69. The summed E-state index contributed by atoms with van der Waals surface area (Å²) in [6, 6.07) is 6.32. The number of nitrogens with one attached hydrogen (secondary N) is 1. The van der Waals surface area contributed by atoms with Crippen LogP contribution in [0, 0.1) is 5.82 Å². The highest BCUT2D eigenvalue weighted by atomic mass is 19.1. The normalized spacial score (nSPS) is 19.4. The molecule has 1 aromatic rings. The van der Waals surface area contributed by atoms with E-state index in [2.05, 4.69) is 5.32 Å². The average Bonchev–Trinajstić information content (AvgIpc) is 3.00. The summed E-state index contributed by atoms with van der Waals surface area (Å²) in [4.78, 5) is 11.5. The fourth-order valence-corrected chi connectivity index (χ4v) is 2.51. The van der Waals surface area contributed by atoms with Gasteiger partial charge in [-0.3, -0.25) is 4.79 Å². The summed E-state index contributed by atoms with van der Waals surface area (Å²) in [5.41, 5.74) is 0.991. The van der Waals surface area contributed by atoms with Crippen LogP contribution in [0.5, 0.6) is 0 Å². The minimum absolute atomic E-state index is 0.0351.